The van der Waals surface area contributed by atoms with E-state index in [0.717, 1.165) is 31.1 Å². The molecule has 7 heteroatoms. The summed E-state index contributed by atoms with van der Waals surface area (Å²) in [5, 5.41) is 0.949. The first kappa shape index (κ1) is 17.5. The number of nitrogens with zero attached hydrogens (tertiary/aromatic N) is 2. The van der Waals surface area contributed by atoms with E-state index in [1.165, 1.54) is 5.56 Å². The summed E-state index contributed by atoms with van der Waals surface area (Å²) in [7, 11) is 0. The van der Waals surface area contributed by atoms with Gasteiger partial charge in [0.05, 0.1) is 0 Å². The topological polar surface area (TPSA) is 42.0 Å². The lowest BCUT2D eigenvalue weighted by molar-refractivity contribution is 0.0628. The SMILES string of the molecule is O=C(c1cc(Cl)cc(Cl)c1)N1CCN(Cc2ccc3c(c2)OCO3)CC1. The summed E-state index contributed by atoms with van der Waals surface area (Å²) in [5.41, 5.74) is 1.71. The van der Waals surface area contributed by atoms with Crippen molar-refractivity contribution in [2.75, 3.05) is 33.0 Å². The highest BCUT2D eigenvalue weighted by molar-refractivity contribution is 6.35. The molecule has 0 unspecified atom stereocenters. The Balaban J connectivity index is 1.36. The van der Waals surface area contributed by atoms with Gasteiger partial charge in [0.2, 0.25) is 6.79 Å². The summed E-state index contributed by atoms with van der Waals surface area (Å²) < 4.78 is 10.8. The van der Waals surface area contributed by atoms with Crippen molar-refractivity contribution in [1.82, 2.24) is 9.80 Å². The Kier molecular flexibility index (Phi) is 4.94. The number of piperazine rings is 1. The lowest BCUT2D eigenvalue weighted by Crippen LogP contribution is -2.48. The lowest BCUT2D eigenvalue weighted by atomic mass is 10.1. The smallest absolute Gasteiger partial charge is 0.254 e. The van der Waals surface area contributed by atoms with Crippen molar-refractivity contribution >= 4 is 29.1 Å². The zero-order chi connectivity index (χ0) is 18.1. The van der Waals surface area contributed by atoms with E-state index in [9.17, 15) is 4.79 Å². The van der Waals surface area contributed by atoms with Crippen LogP contribution in [0.15, 0.2) is 36.4 Å². The van der Waals surface area contributed by atoms with E-state index in [1.807, 2.05) is 17.0 Å². The molecule has 0 atom stereocenters. The molecule has 0 saturated carbocycles. The molecular weight excluding hydrogens is 375 g/mol. The van der Waals surface area contributed by atoms with Gasteiger partial charge in [-0.1, -0.05) is 29.3 Å². The average Bonchev–Trinajstić information content (AvgIpc) is 3.09. The molecular formula is C19H18Cl2N2O3. The molecule has 2 aliphatic heterocycles. The van der Waals surface area contributed by atoms with Gasteiger partial charge in [-0.15, -0.1) is 0 Å². The molecule has 2 aliphatic rings. The quantitative estimate of drug-likeness (QED) is 0.798. The molecule has 2 heterocycles. The van der Waals surface area contributed by atoms with Crippen LogP contribution >= 0.6 is 23.2 Å². The van der Waals surface area contributed by atoms with Crippen LogP contribution in [0.25, 0.3) is 0 Å². The summed E-state index contributed by atoms with van der Waals surface area (Å²) in [6, 6.07) is 11.0. The van der Waals surface area contributed by atoms with Gasteiger partial charge in [0.25, 0.3) is 5.91 Å². The fourth-order valence-corrected chi connectivity index (χ4v) is 3.79. The normalized spacial score (nSPS) is 16.8. The molecule has 2 aromatic carbocycles. The molecule has 26 heavy (non-hydrogen) atoms. The number of carbonyl (C=O) groups is 1. The fraction of sp³-hybridized carbons (Fsp3) is 0.316. The van der Waals surface area contributed by atoms with E-state index < -0.39 is 0 Å². The monoisotopic (exact) mass is 392 g/mol. The summed E-state index contributed by atoms with van der Waals surface area (Å²) in [6.07, 6.45) is 0. The van der Waals surface area contributed by atoms with Gasteiger partial charge >= 0.3 is 0 Å². The Labute approximate surface area is 162 Å². The molecule has 2 aromatic rings. The van der Waals surface area contributed by atoms with Crippen LogP contribution in [0, 0.1) is 0 Å². The van der Waals surface area contributed by atoms with Gasteiger partial charge in [0.1, 0.15) is 0 Å². The first-order chi connectivity index (χ1) is 12.6. The predicted octanol–water partition coefficient (Wildman–Crippen LogP) is 3.68. The van der Waals surface area contributed by atoms with Crippen LogP contribution in [-0.2, 0) is 6.54 Å². The summed E-state index contributed by atoms with van der Waals surface area (Å²) >= 11 is 12.0. The molecule has 0 bridgehead atoms. The molecule has 0 N–H and O–H groups in total. The summed E-state index contributed by atoms with van der Waals surface area (Å²) in [6.45, 7) is 4.08. The molecule has 4 rings (SSSR count). The van der Waals surface area contributed by atoms with Crippen LogP contribution in [0.4, 0.5) is 0 Å². The third-order valence-corrected chi connectivity index (χ3v) is 5.05. The molecule has 0 radical (unpaired) electrons. The minimum Gasteiger partial charge on any atom is -0.454 e. The maximum atomic E-state index is 12.7. The Hall–Kier alpha value is -1.95. The van der Waals surface area contributed by atoms with E-state index in [4.69, 9.17) is 32.7 Å². The Morgan fingerprint density at radius 2 is 1.62 bits per heavy atom. The van der Waals surface area contributed by atoms with E-state index in [1.54, 1.807) is 18.2 Å². The van der Waals surface area contributed by atoms with E-state index in [2.05, 4.69) is 11.0 Å². The number of hydrogen-bond acceptors (Lipinski definition) is 4. The van der Waals surface area contributed by atoms with Crippen LogP contribution in [0.5, 0.6) is 11.5 Å². The standard InChI is InChI=1S/C19H18Cl2N2O3/c20-15-8-14(9-16(21)10-15)19(24)23-5-3-22(4-6-23)11-13-1-2-17-18(7-13)26-12-25-17/h1-2,7-10H,3-6,11-12H2. The molecule has 1 fully saturated rings. The highest BCUT2D eigenvalue weighted by Gasteiger charge is 2.23. The van der Waals surface area contributed by atoms with E-state index >= 15 is 0 Å². The maximum Gasteiger partial charge on any atom is 0.254 e. The Bertz CT molecular complexity index is 815. The Morgan fingerprint density at radius 1 is 0.923 bits per heavy atom. The third kappa shape index (κ3) is 3.75. The highest BCUT2D eigenvalue weighted by Crippen LogP contribution is 2.32. The lowest BCUT2D eigenvalue weighted by Gasteiger charge is -2.34. The Morgan fingerprint density at radius 3 is 2.35 bits per heavy atom. The fourth-order valence-electron chi connectivity index (χ4n) is 3.27. The van der Waals surface area contributed by atoms with Crippen molar-refractivity contribution in [1.29, 1.82) is 0 Å². The number of amides is 1. The first-order valence-corrected chi connectivity index (χ1v) is 9.20. The number of halogens is 2. The molecule has 0 spiro atoms. The van der Waals surface area contributed by atoms with Gasteiger partial charge in [-0.3, -0.25) is 9.69 Å². The zero-order valence-electron chi connectivity index (χ0n) is 14.1. The second kappa shape index (κ2) is 7.35. The largest absolute Gasteiger partial charge is 0.454 e. The average molecular weight is 393 g/mol. The number of benzene rings is 2. The van der Waals surface area contributed by atoms with Crippen molar-refractivity contribution in [3.05, 3.63) is 57.6 Å². The molecule has 0 aromatic heterocycles. The second-order valence-electron chi connectivity index (χ2n) is 6.41. The van der Waals surface area contributed by atoms with Gasteiger partial charge < -0.3 is 14.4 Å². The predicted molar refractivity (Wildman–Crippen MR) is 100 cm³/mol. The van der Waals surface area contributed by atoms with Crippen molar-refractivity contribution in [2.45, 2.75) is 6.54 Å². The minimum absolute atomic E-state index is 0.0304. The summed E-state index contributed by atoms with van der Waals surface area (Å²) in [4.78, 5) is 16.8. The zero-order valence-corrected chi connectivity index (χ0v) is 15.6. The number of fused-ring (bicyclic) bond motifs is 1. The summed E-state index contributed by atoms with van der Waals surface area (Å²) in [5.74, 6) is 1.57. The van der Waals surface area contributed by atoms with Crippen LogP contribution < -0.4 is 9.47 Å². The van der Waals surface area contributed by atoms with Crippen molar-refractivity contribution in [3.8, 4) is 11.5 Å². The first-order valence-electron chi connectivity index (χ1n) is 8.45. The molecule has 1 saturated heterocycles. The van der Waals surface area contributed by atoms with Crippen LogP contribution in [-0.4, -0.2) is 48.7 Å². The van der Waals surface area contributed by atoms with Crippen molar-refractivity contribution in [3.63, 3.8) is 0 Å². The van der Waals surface area contributed by atoms with E-state index in [-0.39, 0.29) is 12.7 Å². The maximum absolute atomic E-state index is 12.7. The number of hydrogen-bond donors (Lipinski definition) is 0. The van der Waals surface area contributed by atoms with Crippen LogP contribution in [0.2, 0.25) is 10.0 Å². The number of ether oxygens (including phenoxy) is 2. The number of rotatable bonds is 3. The second-order valence-corrected chi connectivity index (χ2v) is 7.29. The van der Waals surface area contributed by atoms with Gasteiger partial charge in [-0.2, -0.15) is 0 Å². The third-order valence-electron chi connectivity index (χ3n) is 4.61. The molecule has 5 nitrogen and oxygen atoms in total. The molecule has 0 aliphatic carbocycles. The van der Waals surface area contributed by atoms with Gasteiger partial charge in [-0.25, -0.2) is 0 Å². The molecule has 136 valence electrons. The van der Waals surface area contributed by atoms with Gasteiger partial charge in [0, 0.05) is 48.3 Å². The van der Waals surface area contributed by atoms with Crippen molar-refractivity contribution < 1.29 is 14.3 Å². The van der Waals surface area contributed by atoms with Gasteiger partial charge in [-0.05, 0) is 35.9 Å². The van der Waals surface area contributed by atoms with E-state index in [0.29, 0.717) is 28.7 Å². The van der Waals surface area contributed by atoms with Crippen LogP contribution in [0.3, 0.4) is 0 Å². The molecule has 1 amide bonds. The van der Waals surface area contributed by atoms with Gasteiger partial charge in [0.15, 0.2) is 11.5 Å². The van der Waals surface area contributed by atoms with Crippen LogP contribution in [0.1, 0.15) is 15.9 Å². The highest BCUT2D eigenvalue weighted by atomic mass is 35.5. The van der Waals surface area contributed by atoms with Crippen molar-refractivity contribution in [2.24, 2.45) is 0 Å². The number of carbonyl (C=O) groups excluding carboxylic acids is 1. The minimum atomic E-state index is -0.0304.